The van der Waals surface area contributed by atoms with Crippen molar-refractivity contribution in [2.45, 2.75) is 23.7 Å². The molecule has 2 heterocycles. The van der Waals surface area contributed by atoms with Crippen molar-refractivity contribution in [1.29, 1.82) is 0 Å². The van der Waals surface area contributed by atoms with Gasteiger partial charge in [-0.1, -0.05) is 12.1 Å². The van der Waals surface area contributed by atoms with Gasteiger partial charge in [0.1, 0.15) is 0 Å². The Labute approximate surface area is 151 Å². The van der Waals surface area contributed by atoms with E-state index >= 15 is 0 Å². The largest absolute Gasteiger partial charge is 0.371 e. The number of hydrogen-bond acceptors (Lipinski definition) is 5. The topological polar surface area (TPSA) is 76.3 Å². The summed E-state index contributed by atoms with van der Waals surface area (Å²) < 4.78 is 24.0. The summed E-state index contributed by atoms with van der Waals surface area (Å²) in [5.74, 6) is 0.498. The fourth-order valence-corrected chi connectivity index (χ4v) is 4.95. The normalized spacial score (nSPS) is 16.4. The molecule has 1 fully saturated rings. The summed E-state index contributed by atoms with van der Waals surface area (Å²) in [6, 6.07) is 15.1. The van der Waals surface area contributed by atoms with Crippen LogP contribution in [0.25, 0.3) is 10.2 Å². The molecule has 4 rings (SSSR count). The van der Waals surface area contributed by atoms with Gasteiger partial charge in [-0.2, -0.15) is 0 Å². The maximum Gasteiger partial charge on any atom is 0.238 e. The Morgan fingerprint density at radius 3 is 2.36 bits per heavy atom. The van der Waals surface area contributed by atoms with Gasteiger partial charge >= 0.3 is 0 Å². The third-order valence-corrected chi connectivity index (χ3v) is 6.81. The molecule has 1 aliphatic rings. The van der Waals surface area contributed by atoms with Gasteiger partial charge < -0.3 is 4.90 Å². The first-order valence-electron chi connectivity index (χ1n) is 8.24. The lowest BCUT2D eigenvalue weighted by Crippen LogP contribution is -2.32. The molecule has 1 saturated heterocycles. The van der Waals surface area contributed by atoms with Crippen molar-refractivity contribution in [3.05, 3.63) is 53.5 Å². The Hall–Kier alpha value is -1.96. The molecule has 0 amide bonds. The number of aromatic nitrogens is 1. The minimum atomic E-state index is -3.63. The number of para-hydroxylation sites is 1. The molecule has 0 saturated carbocycles. The summed E-state index contributed by atoms with van der Waals surface area (Å²) in [6.07, 6.45) is 2.10. The molecule has 2 N–H and O–H groups in total. The average Bonchev–Trinajstić information content (AvgIpc) is 3.05. The van der Waals surface area contributed by atoms with E-state index < -0.39 is 10.0 Å². The maximum absolute atomic E-state index is 11.4. The summed E-state index contributed by atoms with van der Waals surface area (Å²) in [5.41, 5.74) is 2.12. The summed E-state index contributed by atoms with van der Waals surface area (Å²) in [7, 11) is -3.63. The van der Waals surface area contributed by atoms with Crippen molar-refractivity contribution in [2.75, 3.05) is 18.0 Å². The summed E-state index contributed by atoms with van der Waals surface area (Å²) in [4.78, 5) is 7.23. The molecule has 25 heavy (non-hydrogen) atoms. The van der Waals surface area contributed by atoms with Gasteiger partial charge in [-0.05, 0) is 49.2 Å². The van der Waals surface area contributed by atoms with E-state index in [9.17, 15) is 8.42 Å². The number of anilines is 1. The van der Waals surface area contributed by atoms with Crippen molar-refractivity contribution < 1.29 is 8.42 Å². The predicted octanol–water partition coefficient (Wildman–Crippen LogP) is 3.33. The van der Waals surface area contributed by atoms with Gasteiger partial charge in [-0.15, -0.1) is 11.3 Å². The van der Waals surface area contributed by atoms with E-state index in [4.69, 9.17) is 10.1 Å². The Balaban J connectivity index is 1.46. The van der Waals surface area contributed by atoms with Gasteiger partial charge in [0.15, 0.2) is 0 Å². The molecule has 0 unspecified atom stereocenters. The quantitative estimate of drug-likeness (QED) is 0.764. The van der Waals surface area contributed by atoms with Crippen LogP contribution in [0.3, 0.4) is 0 Å². The molecule has 0 bridgehead atoms. The smallest absolute Gasteiger partial charge is 0.238 e. The van der Waals surface area contributed by atoms with E-state index in [1.165, 1.54) is 9.71 Å². The third-order valence-electron chi connectivity index (χ3n) is 4.69. The van der Waals surface area contributed by atoms with Crippen LogP contribution in [-0.2, 0) is 10.0 Å². The predicted molar refractivity (Wildman–Crippen MR) is 102 cm³/mol. The fourth-order valence-electron chi connectivity index (χ4n) is 3.30. The zero-order chi connectivity index (χ0) is 17.4. The van der Waals surface area contributed by atoms with Gasteiger partial charge in [0.2, 0.25) is 10.0 Å². The first-order valence-corrected chi connectivity index (χ1v) is 10.6. The molecule has 0 aliphatic carbocycles. The van der Waals surface area contributed by atoms with Crippen molar-refractivity contribution >= 4 is 37.3 Å². The molecule has 5 nitrogen and oxygen atoms in total. The van der Waals surface area contributed by atoms with E-state index in [1.54, 1.807) is 23.5 Å². The van der Waals surface area contributed by atoms with Crippen LogP contribution < -0.4 is 10.0 Å². The van der Waals surface area contributed by atoms with Crippen molar-refractivity contribution in [2.24, 2.45) is 5.14 Å². The van der Waals surface area contributed by atoms with Crippen molar-refractivity contribution in [3.63, 3.8) is 0 Å². The third kappa shape index (κ3) is 3.40. The van der Waals surface area contributed by atoms with Crippen LogP contribution in [-0.4, -0.2) is 26.5 Å². The number of hydrogen-bond donors (Lipinski definition) is 1. The molecule has 3 aromatic rings. The number of thiazole rings is 1. The van der Waals surface area contributed by atoms with Crippen LogP contribution in [0.1, 0.15) is 23.8 Å². The van der Waals surface area contributed by atoms with Crippen molar-refractivity contribution in [1.82, 2.24) is 4.98 Å². The first-order chi connectivity index (χ1) is 12.0. The highest BCUT2D eigenvalue weighted by Gasteiger charge is 2.23. The number of nitrogens with two attached hydrogens (primary N) is 1. The average molecular weight is 374 g/mol. The van der Waals surface area contributed by atoms with E-state index in [-0.39, 0.29) is 4.90 Å². The minimum Gasteiger partial charge on any atom is -0.371 e. The monoisotopic (exact) mass is 373 g/mol. The van der Waals surface area contributed by atoms with Crippen molar-refractivity contribution in [3.8, 4) is 0 Å². The van der Waals surface area contributed by atoms with E-state index in [0.717, 1.165) is 37.1 Å². The number of benzene rings is 2. The standard InChI is InChI=1S/C18H19N3O2S2/c19-25(22,23)15-7-5-14(6-8-15)21-11-9-13(10-12-21)18-20-16-3-1-2-4-17(16)24-18/h1-8,13H,9-12H2,(H2,19,22,23). The zero-order valence-electron chi connectivity index (χ0n) is 13.6. The fraction of sp³-hybridized carbons (Fsp3) is 0.278. The number of primary sulfonamides is 1. The summed E-state index contributed by atoms with van der Waals surface area (Å²) in [6.45, 7) is 1.88. The minimum absolute atomic E-state index is 0.153. The van der Waals surface area contributed by atoms with E-state index in [2.05, 4.69) is 23.1 Å². The molecular formula is C18H19N3O2S2. The number of piperidine rings is 1. The zero-order valence-corrected chi connectivity index (χ0v) is 15.3. The summed E-state index contributed by atoms with van der Waals surface area (Å²) in [5, 5.41) is 6.38. The highest BCUT2D eigenvalue weighted by atomic mass is 32.2. The van der Waals surface area contributed by atoms with E-state index in [1.807, 2.05) is 18.2 Å². The summed E-state index contributed by atoms with van der Waals surface area (Å²) >= 11 is 1.80. The van der Waals surface area contributed by atoms with Gasteiger partial charge in [0.25, 0.3) is 0 Å². The van der Waals surface area contributed by atoms with Crippen LogP contribution >= 0.6 is 11.3 Å². The van der Waals surface area contributed by atoms with Crippen LogP contribution in [0.2, 0.25) is 0 Å². The van der Waals surface area contributed by atoms with Gasteiger partial charge in [-0.25, -0.2) is 18.5 Å². The number of fused-ring (bicyclic) bond motifs is 1. The lowest BCUT2D eigenvalue weighted by molar-refractivity contribution is 0.504. The Kier molecular flexibility index (Phi) is 4.23. The molecule has 130 valence electrons. The Morgan fingerprint density at radius 1 is 1.04 bits per heavy atom. The van der Waals surface area contributed by atoms with Crippen LogP contribution in [0.15, 0.2) is 53.4 Å². The second-order valence-corrected chi connectivity index (χ2v) is 8.94. The molecule has 7 heteroatoms. The number of nitrogens with zero attached hydrogens (tertiary/aromatic N) is 2. The molecule has 0 atom stereocenters. The van der Waals surface area contributed by atoms with Gasteiger partial charge in [-0.3, -0.25) is 0 Å². The Morgan fingerprint density at radius 2 is 1.72 bits per heavy atom. The molecule has 2 aromatic carbocycles. The highest BCUT2D eigenvalue weighted by Crippen LogP contribution is 2.35. The lowest BCUT2D eigenvalue weighted by atomic mass is 9.97. The Bertz CT molecular complexity index is 956. The second kappa shape index (κ2) is 6.40. The van der Waals surface area contributed by atoms with Crippen LogP contribution in [0.5, 0.6) is 0 Å². The van der Waals surface area contributed by atoms with Gasteiger partial charge in [0.05, 0.1) is 20.1 Å². The van der Waals surface area contributed by atoms with E-state index in [0.29, 0.717) is 5.92 Å². The SMILES string of the molecule is NS(=O)(=O)c1ccc(N2CCC(c3nc4ccccc4s3)CC2)cc1. The van der Waals surface area contributed by atoms with Crippen LogP contribution in [0.4, 0.5) is 5.69 Å². The number of rotatable bonds is 3. The number of sulfonamides is 1. The molecule has 1 aromatic heterocycles. The lowest BCUT2D eigenvalue weighted by Gasteiger charge is -2.32. The van der Waals surface area contributed by atoms with Crippen LogP contribution in [0, 0.1) is 0 Å². The molecule has 0 spiro atoms. The van der Waals surface area contributed by atoms with Gasteiger partial charge in [0, 0.05) is 24.7 Å². The molecule has 1 aliphatic heterocycles. The maximum atomic E-state index is 11.4. The second-order valence-electron chi connectivity index (χ2n) is 6.32. The first kappa shape index (κ1) is 16.5. The molecular weight excluding hydrogens is 354 g/mol. The molecule has 0 radical (unpaired) electrons. The highest BCUT2D eigenvalue weighted by molar-refractivity contribution is 7.89.